The molecule has 0 bridgehead atoms. The molecule has 0 rings (SSSR count). The monoisotopic (exact) mass is 215 g/mol. The van der Waals surface area contributed by atoms with Crippen molar-refractivity contribution in [2.24, 2.45) is 5.41 Å². The minimum atomic E-state index is -0.0224. The van der Waals surface area contributed by atoms with Gasteiger partial charge in [0, 0.05) is 13.7 Å². The maximum atomic E-state index is 11.1. The molecule has 15 heavy (non-hydrogen) atoms. The van der Waals surface area contributed by atoms with Crippen molar-refractivity contribution in [2.45, 2.75) is 46.5 Å². The summed E-state index contributed by atoms with van der Waals surface area (Å²) in [7, 11) is 1.53. The van der Waals surface area contributed by atoms with Crippen LogP contribution in [-0.4, -0.2) is 26.2 Å². The standard InChI is InChI=1S/C12H25NO2/c1-5-7-12(2,3)8-6-9-13-11(14)10-15-4/h5-10H2,1-4H3,(H,13,14). The van der Waals surface area contributed by atoms with Gasteiger partial charge in [-0.2, -0.15) is 0 Å². The third kappa shape index (κ3) is 8.43. The Morgan fingerprint density at radius 2 is 2.00 bits per heavy atom. The molecule has 0 aliphatic carbocycles. The first-order valence-corrected chi connectivity index (χ1v) is 5.77. The van der Waals surface area contributed by atoms with E-state index in [0.717, 1.165) is 19.4 Å². The smallest absolute Gasteiger partial charge is 0.245 e. The van der Waals surface area contributed by atoms with Crippen molar-refractivity contribution in [1.82, 2.24) is 5.32 Å². The number of amides is 1. The predicted molar refractivity (Wildman–Crippen MR) is 62.8 cm³/mol. The molecule has 0 spiro atoms. The molecule has 0 radical (unpaired) electrons. The quantitative estimate of drug-likeness (QED) is 0.631. The van der Waals surface area contributed by atoms with E-state index in [4.69, 9.17) is 4.74 Å². The molecule has 0 atom stereocenters. The number of rotatable bonds is 8. The van der Waals surface area contributed by atoms with E-state index in [1.165, 1.54) is 20.0 Å². The van der Waals surface area contributed by atoms with Gasteiger partial charge in [-0.1, -0.05) is 27.2 Å². The maximum Gasteiger partial charge on any atom is 0.245 e. The summed E-state index contributed by atoms with van der Waals surface area (Å²) in [5.74, 6) is -0.0224. The SMILES string of the molecule is CCCC(C)(C)CCCNC(=O)COC. The normalized spacial score (nSPS) is 11.5. The van der Waals surface area contributed by atoms with Gasteiger partial charge < -0.3 is 10.1 Å². The maximum absolute atomic E-state index is 11.1. The first kappa shape index (κ1) is 14.4. The molecule has 0 aliphatic heterocycles. The van der Waals surface area contributed by atoms with Crippen LogP contribution in [-0.2, 0) is 9.53 Å². The highest BCUT2D eigenvalue weighted by Gasteiger charge is 2.15. The molecule has 3 nitrogen and oxygen atoms in total. The van der Waals surface area contributed by atoms with E-state index in [1.807, 2.05) is 0 Å². The lowest BCUT2D eigenvalue weighted by molar-refractivity contribution is -0.124. The zero-order valence-electron chi connectivity index (χ0n) is 10.6. The number of nitrogens with one attached hydrogen (secondary N) is 1. The van der Waals surface area contributed by atoms with Crippen LogP contribution >= 0.6 is 0 Å². The zero-order chi connectivity index (χ0) is 11.7. The van der Waals surface area contributed by atoms with Gasteiger partial charge in [-0.05, 0) is 24.7 Å². The predicted octanol–water partition coefficient (Wildman–Crippen LogP) is 2.36. The van der Waals surface area contributed by atoms with E-state index in [1.54, 1.807) is 0 Å². The Morgan fingerprint density at radius 3 is 2.53 bits per heavy atom. The van der Waals surface area contributed by atoms with Gasteiger partial charge in [0.15, 0.2) is 0 Å². The van der Waals surface area contributed by atoms with Gasteiger partial charge in [-0.25, -0.2) is 0 Å². The Bertz CT molecular complexity index is 178. The molecule has 0 aliphatic rings. The van der Waals surface area contributed by atoms with Crippen LogP contribution < -0.4 is 5.32 Å². The fourth-order valence-corrected chi connectivity index (χ4v) is 1.78. The fraction of sp³-hybridized carbons (Fsp3) is 0.917. The number of carbonyl (C=O) groups excluding carboxylic acids is 1. The third-order valence-corrected chi connectivity index (χ3v) is 2.55. The highest BCUT2D eigenvalue weighted by atomic mass is 16.5. The zero-order valence-corrected chi connectivity index (χ0v) is 10.6. The first-order chi connectivity index (χ1) is 7.02. The van der Waals surface area contributed by atoms with Crippen LogP contribution in [0, 0.1) is 5.41 Å². The number of hydrogen-bond acceptors (Lipinski definition) is 2. The van der Waals surface area contributed by atoms with Crippen molar-refractivity contribution in [3.05, 3.63) is 0 Å². The molecule has 90 valence electrons. The highest BCUT2D eigenvalue weighted by Crippen LogP contribution is 2.27. The molecule has 0 saturated carbocycles. The van der Waals surface area contributed by atoms with Gasteiger partial charge in [-0.3, -0.25) is 4.79 Å². The second-order valence-corrected chi connectivity index (χ2v) is 4.80. The van der Waals surface area contributed by atoms with Crippen LogP contribution in [0.25, 0.3) is 0 Å². The summed E-state index contributed by atoms with van der Waals surface area (Å²) in [5.41, 5.74) is 0.404. The molecule has 0 aromatic heterocycles. The summed E-state index contributed by atoms with van der Waals surface area (Å²) in [6.07, 6.45) is 4.68. The van der Waals surface area contributed by atoms with Gasteiger partial charge in [-0.15, -0.1) is 0 Å². The van der Waals surface area contributed by atoms with Gasteiger partial charge in [0.05, 0.1) is 0 Å². The second kappa shape index (κ2) is 7.69. The lowest BCUT2D eigenvalue weighted by Gasteiger charge is -2.23. The van der Waals surface area contributed by atoms with Crippen molar-refractivity contribution in [1.29, 1.82) is 0 Å². The largest absolute Gasteiger partial charge is 0.375 e. The van der Waals surface area contributed by atoms with Gasteiger partial charge in [0.2, 0.25) is 5.91 Å². The van der Waals surface area contributed by atoms with Crippen molar-refractivity contribution < 1.29 is 9.53 Å². The van der Waals surface area contributed by atoms with Crippen LogP contribution in [0.1, 0.15) is 46.5 Å². The summed E-state index contributed by atoms with van der Waals surface area (Å²) in [5, 5.41) is 2.83. The number of hydrogen-bond donors (Lipinski definition) is 1. The Morgan fingerprint density at radius 1 is 1.33 bits per heavy atom. The number of carbonyl (C=O) groups is 1. The third-order valence-electron chi connectivity index (χ3n) is 2.55. The molecule has 0 saturated heterocycles. The minimum absolute atomic E-state index is 0.0224. The topological polar surface area (TPSA) is 38.3 Å². The molecule has 3 heteroatoms. The minimum Gasteiger partial charge on any atom is -0.375 e. The van der Waals surface area contributed by atoms with Crippen LogP contribution in [0.5, 0.6) is 0 Å². The average Bonchev–Trinajstić information content (AvgIpc) is 2.13. The molecule has 0 fully saturated rings. The van der Waals surface area contributed by atoms with Gasteiger partial charge in [0.25, 0.3) is 0 Å². The Labute approximate surface area is 93.6 Å². The van der Waals surface area contributed by atoms with E-state index in [-0.39, 0.29) is 12.5 Å². The fourth-order valence-electron chi connectivity index (χ4n) is 1.78. The summed E-state index contributed by atoms with van der Waals surface area (Å²) in [6.45, 7) is 7.71. The van der Waals surface area contributed by atoms with Crippen LogP contribution in [0.3, 0.4) is 0 Å². The van der Waals surface area contributed by atoms with E-state index in [0.29, 0.717) is 5.41 Å². The van der Waals surface area contributed by atoms with Crippen molar-refractivity contribution >= 4 is 5.91 Å². The van der Waals surface area contributed by atoms with Crippen molar-refractivity contribution in [2.75, 3.05) is 20.3 Å². The summed E-state index contributed by atoms with van der Waals surface area (Å²) in [4.78, 5) is 11.1. The van der Waals surface area contributed by atoms with Crippen molar-refractivity contribution in [3.63, 3.8) is 0 Å². The lowest BCUT2D eigenvalue weighted by atomic mass is 9.83. The van der Waals surface area contributed by atoms with E-state index < -0.39 is 0 Å². The molecule has 1 amide bonds. The lowest BCUT2D eigenvalue weighted by Crippen LogP contribution is -2.28. The molecule has 0 unspecified atom stereocenters. The Kier molecular flexibility index (Phi) is 7.39. The first-order valence-electron chi connectivity index (χ1n) is 5.77. The molecular weight excluding hydrogens is 190 g/mol. The molecule has 0 aromatic carbocycles. The van der Waals surface area contributed by atoms with Gasteiger partial charge >= 0.3 is 0 Å². The van der Waals surface area contributed by atoms with Gasteiger partial charge in [0.1, 0.15) is 6.61 Å². The molecule has 0 heterocycles. The van der Waals surface area contributed by atoms with Crippen LogP contribution in [0.2, 0.25) is 0 Å². The van der Waals surface area contributed by atoms with E-state index in [9.17, 15) is 4.79 Å². The average molecular weight is 215 g/mol. The summed E-state index contributed by atoms with van der Waals surface area (Å²) in [6, 6.07) is 0. The summed E-state index contributed by atoms with van der Waals surface area (Å²) >= 11 is 0. The molecular formula is C12H25NO2. The van der Waals surface area contributed by atoms with E-state index >= 15 is 0 Å². The van der Waals surface area contributed by atoms with Crippen LogP contribution in [0.15, 0.2) is 0 Å². The number of methoxy groups -OCH3 is 1. The van der Waals surface area contributed by atoms with Crippen molar-refractivity contribution in [3.8, 4) is 0 Å². The second-order valence-electron chi connectivity index (χ2n) is 4.80. The molecule has 1 N–H and O–H groups in total. The number of ether oxygens (including phenoxy) is 1. The highest BCUT2D eigenvalue weighted by molar-refractivity contribution is 5.77. The van der Waals surface area contributed by atoms with Crippen LogP contribution in [0.4, 0.5) is 0 Å². The molecule has 0 aromatic rings. The Hall–Kier alpha value is -0.570. The Balaban J connectivity index is 3.49. The van der Waals surface area contributed by atoms with E-state index in [2.05, 4.69) is 26.1 Å². The summed E-state index contributed by atoms with van der Waals surface area (Å²) < 4.78 is 4.73.